The molecular weight excluding hydrogens is 1850 g/mol. The Morgan fingerprint density at radius 2 is 1.14 bits per heavy atom. The predicted octanol–water partition coefficient (Wildman–Crippen LogP) is -4.29. The van der Waals surface area contributed by atoms with E-state index in [0.29, 0.717) is 57.8 Å². The number of likely N-dealkylation sites (N-methyl/N-ethyl adjacent to an activating group) is 3. The Morgan fingerprint density at radius 3 is 1.79 bits per heavy atom. The zero-order valence-electron chi connectivity index (χ0n) is 79.7. The number of H-pyrrole nitrogens is 2. The van der Waals surface area contributed by atoms with Gasteiger partial charge in [-0.05, 0) is 112 Å². The number of carboxylic acid groups (broad SMARTS) is 1. The van der Waals surface area contributed by atoms with Crippen molar-refractivity contribution >= 4 is 146 Å². The van der Waals surface area contributed by atoms with Crippen molar-refractivity contribution in [2.75, 3.05) is 72.0 Å². The number of imidazole rings is 1. The summed E-state index contributed by atoms with van der Waals surface area (Å²) in [5.74, 6) is -19.7. The highest BCUT2D eigenvalue weighted by Crippen LogP contribution is 2.29. The van der Waals surface area contributed by atoms with E-state index in [1.54, 1.807) is 61.7 Å². The van der Waals surface area contributed by atoms with Crippen LogP contribution in [0.1, 0.15) is 139 Å². The van der Waals surface area contributed by atoms with Gasteiger partial charge in [-0.2, -0.15) is 0 Å². The summed E-state index contributed by atoms with van der Waals surface area (Å²) < 4.78 is 1.40. The van der Waals surface area contributed by atoms with Gasteiger partial charge in [-0.1, -0.05) is 88.1 Å². The highest BCUT2D eigenvalue weighted by molar-refractivity contribution is 8.00. The second-order valence-electron chi connectivity index (χ2n) is 35.5. The number of phenolic OH excluding ortho intramolecular Hbond substituents is 1. The number of aromatic amines is 2. The Kier molecular flexibility index (Phi) is 41.6. The van der Waals surface area contributed by atoms with Crippen molar-refractivity contribution in [2.45, 2.75) is 240 Å². The summed E-state index contributed by atoms with van der Waals surface area (Å²) in [5, 5.41) is 80.9. The SMILES string of the molecule is CCCC[C@H]1C(=O)N(C)[C@@H](CCCC)C(=O)N[C@@H](CCCNC(=N)N)C(=O)N[C@H](C(=O)NCC(N)=O)CSCC(=O)N[C@@H](Cc2ccc(O)cc2)C(=O)N(C)[C@@H](C)C(=O)N[C@@H](CC(N)=O)C(=O)N2CCC[C@H]2C(=O)N[C@@H](Cc2cnc[nH]2)C(=O)N[C@@H](CCCCN)C(=O)N2C[C@H](O)C[C@H]2C(=O)N[C@@H](Cc2c[nH]c3ccccc23)C(=O)N[C@@H](CO)C(=O)N[C@@H](Cc2cn(CC(=O)O)c3ccccc23)C(=O)N1C. The van der Waals surface area contributed by atoms with Crippen LogP contribution in [0.5, 0.6) is 5.75 Å². The van der Waals surface area contributed by atoms with E-state index in [1.807, 2.05) is 6.92 Å². The number of aliphatic hydroxyl groups excluding tert-OH is 2. The van der Waals surface area contributed by atoms with Crippen molar-refractivity contribution in [1.29, 1.82) is 5.41 Å². The van der Waals surface area contributed by atoms with Crippen molar-refractivity contribution < 1.29 is 107 Å². The number of aromatic nitrogens is 4. The number of phenols is 1. The number of carbonyl (C=O) groups is 18. The first-order chi connectivity index (χ1) is 67.2. The average molecular weight is 1980 g/mol. The van der Waals surface area contributed by atoms with Crippen molar-refractivity contribution in [3.63, 3.8) is 0 Å². The number of para-hydroxylation sites is 2. The van der Waals surface area contributed by atoms with Gasteiger partial charge in [-0.3, -0.25) is 91.7 Å². The maximum atomic E-state index is 15.9. The molecule has 6 aromatic rings. The van der Waals surface area contributed by atoms with Crippen LogP contribution in [0.2, 0.25) is 0 Å². The lowest BCUT2D eigenvalue weighted by atomic mass is 10.00. The summed E-state index contributed by atoms with van der Waals surface area (Å²) in [6, 6.07) is -3.67. The Balaban J connectivity index is 1.12. The summed E-state index contributed by atoms with van der Waals surface area (Å²) in [6.45, 7) is 1.82. The molecule has 0 radical (unpaired) electrons. The molecule has 3 aliphatic heterocycles. The molecule has 0 bridgehead atoms. The molecule has 26 N–H and O–H groups in total. The Morgan fingerprint density at radius 1 is 0.560 bits per heavy atom. The zero-order valence-corrected chi connectivity index (χ0v) is 80.5. The van der Waals surface area contributed by atoms with Crippen LogP contribution >= 0.6 is 11.8 Å². The number of nitrogens with zero attached hydrogens (tertiary/aromatic N) is 7. The van der Waals surface area contributed by atoms with E-state index in [1.165, 1.54) is 75.6 Å². The summed E-state index contributed by atoms with van der Waals surface area (Å²) in [5.41, 5.74) is 25.2. The lowest BCUT2D eigenvalue weighted by Crippen LogP contribution is -2.61. The highest BCUT2D eigenvalue weighted by Gasteiger charge is 2.47. The Hall–Kier alpha value is -14.3. The molecule has 3 fully saturated rings. The van der Waals surface area contributed by atoms with Crippen molar-refractivity contribution in [2.24, 2.45) is 22.9 Å². The number of aliphatic hydroxyl groups is 2. The fraction of sp³-hybridized carbons (Fsp3) is 0.527. The van der Waals surface area contributed by atoms with Crippen LogP contribution in [0.15, 0.2) is 97.7 Å². The van der Waals surface area contributed by atoms with E-state index in [4.69, 9.17) is 28.3 Å². The first-order valence-electron chi connectivity index (χ1n) is 47.0. The largest absolute Gasteiger partial charge is 0.508 e. The summed E-state index contributed by atoms with van der Waals surface area (Å²) >= 11 is 0.741. The number of primary amides is 2. The molecule has 15 atom stereocenters. The quantitative estimate of drug-likeness (QED) is 0.0115. The van der Waals surface area contributed by atoms with E-state index in [9.17, 15) is 63.6 Å². The first kappa shape index (κ1) is 110. The Bertz CT molecular complexity index is 5450. The molecular formula is C93H131N25O22S. The number of aromatic hydroxyl groups is 1. The Labute approximate surface area is 817 Å². The fourth-order valence-electron chi connectivity index (χ4n) is 17.3. The van der Waals surface area contributed by atoms with Crippen LogP contribution in [0, 0.1) is 5.41 Å². The van der Waals surface area contributed by atoms with Gasteiger partial charge in [0.2, 0.25) is 100 Å². The molecule has 0 unspecified atom stereocenters. The normalized spacial score (nSPS) is 24.1. The average Bonchev–Trinajstić information content (AvgIpc) is 1.72. The number of unbranched alkanes of at least 4 members (excludes halogenated alkanes) is 3. The number of hydrogen-bond acceptors (Lipinski definition) is 25. The van der Waals surface area contributed by atoms with Crippen molar-refractivity contribution in [3.05, 3.63) is 120 Å². The number of amides is 17. The standard InChI is InChI=1S/C93H131N25O22S/c1-7-9-24-71-85(133)105-61(23-17-33-100-93(97)98)81(129)112-69(80(128)102-43-76(96)123)48-141-49-77(124)104-65(35-52-28-30-56(120)31-29-52)88(136)113(4)51(3)79(127)109-67(40-75(95)122)91(139)117-34-18-27-72(117)86(134)108-64(38-55-42-99-50-103-55)83(131)106-62(22-15-16-32-94)90(138)118-45-57(121)39-74(118)87(135)107-63(36-53-41-101-60-21-13-11-19-58(53)60)82(130)111-68(47-119)84(132)110-66(89(137)115(6)73(25-10-8-2)92(140)114(71)5)37-54-44-116(46-78(125)126)70-26-14-12-20-59(54)70/h11-14,19-21,26,28-31,41-42,44,50-51,57,61-69,71-74,101,119-121H,7-10,15-18,22-25,27,32-40,43,45-49,94H2,1-6H3,(H2,95,122)(H2,96,123)(H,99,103)(H,102,128)(H,104,124)(H,105,133)(H,106,131)(H,107,135)(H,108,134)(H,109,127)(H,110,132)(H,111,130)(H,112,129)(H,125,126)(H4,97,98,100)/t51-,57+,61-,62-,63-,64-,65-,66-,67-,68-,69-,71-,72-,73-,74-/m0/s1. The number of benzene rings is 3. The van der Waals surface area contributed by atoms with E-state index in [-0.39, 0.29) is 115 Å². The molecule has 47 nitrogen and oxygen atoms in total. The van der Waals surface area contributed by atoms with Crippen LogP contribution in [0.4, 0.5) is 0 Å². The number of carboxylic acids is 1. The van der Waals surface area contributed by atoms with Gasteiger partial charge < -0.3 is 141 Å². The molecule has 3 aliphatic rings. The fourth-order valence-corrected chi connectivity index (χ4v) is 18.2. The second kappa shape index (κ2) is 53.2. The summed E-state index contributed by atoms with van der Waals surface area (Å²) in [6.07, 6.45) is 3.07. The molecule has 766 valence electrons. The number of nitrogens with one attached hydrogen (secondary N) is 14. The summed E-state index contributed by atoms with van der Waals surface area (Å²) in [7, 11) is 3.79. The molecule has 3 saturated heterocycles. The van der Waals surface area contributed by atoms with Crippen molar-refractivity contribution in [3.8, 4) is 5.75 Å². The monoisotopic (exact) mass is 1980 g/mol. The van der Waals surface area contributed by atoms with Gasteiger partial charge in [-0.15, -0.1) is 11.8 Å². The van der Waals surface area contributed by atoms with Gasteiger partial charge in [0.05, 0.1) is 37.8 Å². The van der Waals surface area contributed by atoms with Gasteiger partial charge in [0.1, 0.15) is 96.9 Å². The lowest BCUT2D eigenvalue weighted by molar-refractivity contribution is -0.149. The molecule has 6 heterocycles. The van der Waals surface area contributed by atoms with Crippen LogP contribution < -0.4 is 81.4 Å². The molecule has 48 heteroatoms. The number of rotatable bonds is 30. The maximum absolute atomic E-state index is 15.9. The van der Waals surface area contributed by atoms with Crippen LogP contribution in [0.3, 0.4) is 0 Å². The smallest absolute Gasteiger partial charge is 0.323 e. The van der Waals surface area contributed by atoms with Gasteiger partial charge in [0.25, 0.3) is 0 Å². The van der Waals surface area contributed by atoms with E-state index in [2.05, 4.69) is 73.4 Å². The molecule has 141 heavy (non-hydrogen) atoms. The molecule has 17 amide bonds. The van der Waals surface area contributed by atoms with E-state index >= 15 is 43.2 Å². The number of guanidine groups is 1. The number of carbonyl (C=O) groups excluding carboxylic acids is 17. The summed E-state index contributed by atoms with van der Waals surface area (Å²) in [4.78, 5) is 279. The number of thioether (sulfide) groups is 1. The second-order valence-corrected chi connectivity index (χ2v) is 36.5. The number of nitrogens with two attached hydrogens (primary N) is 4. The number of aliphatic carboxylic acids is 1. The predicted molar refractivity (Wildman–Crippen MR) is 514 cm³/mol. The topological polar surface area (TPSA) is 714 Å². The van der Waals surface area contributed by atoms with E-state index < -0.39 is 260 Å². The third kappa shape index (κ3) is 31.1. The van der Waals surface area contributed by atoms with Crippen molar-refractivity contribution in [1.82, 2.24) is 103 Å². The molecule has 3 aromatic heterocycles. The van der Waals surface area contributed by atoms with Crippen LogP contribution in [0.25, 0.3) is 21.8 Å². The van der Waals surface area contributed by atoms with Gasteiger partial charge in [-0.25, -0.2) is 4.98 Å². The van der Waals surface area contributed by atoms with Crippen LogP contribution in [-0.2, 0) is 119 Å². The first-order valence-corrected chi connectivity index (χ1v) is 48.1. The minimum atomic E-state index is -1.99. The maximum Gasteiger partial charge on any atom is 0.323 e. The zero-order chi connectivity index (χ0) is 103. The van der Waals surface area contributed by atoms with Gasteiger partial charge in [0.15, 0.2) is 5.96 Å². The molecule has 0 aliphatic carbocycles. The van der Waals surface area contributed by atoms with Crippen LogP contribution in [-0.4, -0.2) is 339 Å². The minimum Gasteiger partial charge on any atom is -0.508 e. The molecule has 3 aromatic carbocycles. The number of hydrogen-bond donors (Lipinski definition) is 22. The van der Waals surface area contributed by atoms with E-state index in [0.717, 1.165) is 36.3 Å². The van der Waals surface area contributed by atoms with Gasteiger partial charge >= 0.3 is 5.97 Å². The molecule has 0 saturated carbocycles. The molecule has 9 rings (SSSR count). The molecule has 0 spiro atoms. The minimum absolute atomic E-state index is 0.00450. The number of fused-ring (bicyclic) bond motifs is 4. The highest BCUT2D eigenvalue weighted by atomic mass is 32.2. The third-order valence-corrected chi connectivity index (χ3v) is 26.1. The lowest BCUT2D eigenvalue weighted by Gasteiger charge is -2.36. The third-order valence-electron chi connectivity index (χ3n) is 25.1. The van der Waals surface area contributed by atoms with Gasteiger partial charge in [0, 0.05) is 125 Å².